The van der Waals surface area contributed by atoms with Crippen LogP contribution in [0.25, 0.3) is 11.1 Å². The summed E-state index contributed by atoms with van der Waals surface area (Å²) in [5.41, 5.74) is 5.84. The molecular weight excluding hydrogens is 436 g/mol. The summed E-state index contributed by atoms with van der Waals surface area (Å²) in [7, 11) is 0. The number of rotatable bonds is 9. The first kappa shape index (κ1) is 23.8. The Kier molecular flexibility index (Phi) is 7.58. The third-order valence-electron chi connectivity index (χ3n) is 5.88. The molecule has 1 unspecified atom stereocenters. The minimum Gasteiger partial charge on any atom is -0.478 e. The van der Waals surface area contributed by atoms with E-state index < -0.39 is 5.97 Å². The fraction of sp³-hybridized carbons (Fsp3) is 0.133. The lowest BCUT2D eigenvalue weighted by atomic mass is 10.00. The maximum Gasteiger partial charge on any atom is 0.337 e. The van der Waals surface area contributed by atoms with Crippen molar-refractivity contribution in [1.29, 1.82) is 0 Å². The quantitative estimate of drug-likeness (QED) is 0.272. The van der Waals surface area contributed by atoms with Gasteiger partial charge in [0.2, 0.25) is 5.91 Å². The Labute approximate surface area is 205 Å². The van der Waals surface area contributed by atoms with Gasteiger partial charge in [-0.15, -0.1) is 0 Å². The highest BCUT2D eigenvalue weighted by Crippen LogP contribution is 2.25. The Balaban J connectivity index is 1.38. The van der Waals surface area contributed by atoms with Gasteiger partial charge in [0, 0.05) is 18.2 Å². The predicted molar refractivity (Wildman–Crippen MR) is 140 cm³/mol. The van der Waals surface area contributed by atoms with Crippen molar-refractivity contribution < 1.29 is 14.7 Å². The summed E-state index contributed by atoms with van der Waals surface area (Å²) in [4.78, 5) is 24.0. The minimum absolute atomic E-state index is 0.0383. The third kappa shape index (κ3) is 6.36. The molecule has 4 rings (SSSR count). The average Bonchev–Trinajstić information content (AvgIpc) is 2.88. The number of carbonyl (C=O) groups is 2. The number of carboxylic acids is 1. The van der Waals surface area contributed by atoms with Gasteiger partial charge >= 0.3 is 5.97 Å². The van der Waals surface area contributed by atoms with Crippen molar-refractivity contribution >= 4 is 23.3 Å². The first-order valence-corrected chi connectivity index (χ1v) is 11.6. The molecule has 0 heterocycles. The van der Waals surface area contributed by atoms with E-state index in [4.69, 9.17) is 0 Å². The zero-order chi connectivity index (χ0) is 24.6. The van der Waals surface area contributed by atoms with Gasteiger partial charge < -0.3 is 15.7 Å². The molecule has 4 aromatic rings. The van der Waals surface area contributed by atoms with Crippen molar-refractivity contribution in [3.8, 4) is 11.1 Å². The number of hydrogen-bond donors (Lipinski definition) is 3. The van der Waals surface area contributed by atoms with Crippen LogP contribution in [0.3, 0.4) is 0 Å². The van der Waals surface area contributed by atoms with Crippen molar-refractivity contribution in [2.75, 3.05) is 5.32 Å². The highest BCUT2D eigenvalue weighted by molar-refractivity contribution is 5.95. The van der Waals surface area contributed by atoms with E-state index in [0.717, 1.165) is 27.9 Å². The van der Waals surface area contributed by atoms with E-state index in [0.29, 0.717) is 18.7 Å². The molecule has 35 heavy (non-hydrogen) atoms. The molecule has 1 atom stereocenters. The van der Waals surface area contributed by atoms with Crippen LogP contribution in [0.5, 0.6) is 0 Å². The normalized spacial score (nSPS) is 11.5. The molecule has 0 fully saturated rings. The first-order valence-electron chi connectivity index (χ1n) is 11.6. The van der Waals surface area contributed by atoms with Crippen molar-refractivity contribution in [3.05, 3.63) is 120 Å². The summed E-state index contributed by atoms with van der Waals surface area (Å²) < 4.78 is 0. The zero-order valence-corrected chi connectivity index (χ0v) is 19.6. The average molecular weight is 465 g/mol. The van der Waals surface area contributed by atoms with Crippen LogP contribution >= 0.6 is 0 Å². The molecule has 0 radical (unpaired) electrons. The van der Waals surface area contributed by atoms with Gasteiger partial charge in [-0.1, -0.05) is 79.7 Å². The van der Waals surface area contributed by atoms with Gasteiger partial charge in [0.15, 0.2) is 0 Å². The molecule has 5 nitrogen and oxygen atoms in total. The molecule has 0 aliphatic heterocycles. The van der Waals surface area contributed by atoms with Crippen LogP contribution in [-0.2, 0) is 17.8 Å². The zero-order valence-electron chi connectivity index (χ0n) is 19.6. The molecule has 0 saturated carbocycles. The molecule has 4 aromatic carbocycles. The smallest absolute Gasteiger partial charge is 0.337 e. The lowest BCUT2D eigenvalue weighted by molar-refractivity contribution is -0.124. The molecule has 0 aliphatic rings. The van der Waals surface area contributed by atoms with Crippen LogP contribution in [0.2, 0.25) is 0 Å². The molecule has 176 valence electrons. The molecule has 0 aliphatic carbocycles. The summed E-state index contributed by atoms with van der Waals surface area (Å²) in [6.45, 7) is 2.42. The van der Waals surface area contributed by atoms with Crippen LogP contribution in [0, 0.1) is 5.92 Å². The Morgan fingerprint density at radius 2 is 1.46 bits per heavy atom. The van der Waals surface area contributed by atoms with Gasteiger partial charge in [-0.25, -0.2) is 4.79 Å². The van der Waals surface area contributed by atoms with Crippen molar-refractivity contribution in [1.82, 2.24) is 5.32 Å². The van der Waals surface area contributed by atoms with Crippen LogP contribution < -0.4 is 10.6 Å². The molecular formula is C30H28N2O3. The number of carbonyl (C=O) groups excluding carboxylic acids is 1. The molecule has 5 heteroatoms. The number of carboxylic acid groups (broad SMARTS) is 1. The number of para-hydroxylation sites is 1. The number of amides is 1. The molecule has 0 saturated heterocycles. The minimum atomic E-state index is -0.969. The van der Waals surface area contributed by atoms with Gasteiger partial charge in [-0.2, -0.15) is 0 Å². The van der Waals surface area contributed by atoms with E-state index in [2.05, 4.69) is 16.7 Å². The molecule has 0 bridgehead atoms. The van der Waals surface area contributed by atoms with Crippen LogP contribution in [-0.4, -0.2) is 17.0 Å². The van der Waals surface area contributed by atoms with E-state index in [1.807, 2.05) is 79.7 Å². The Bertz CT molecular complexity index is 1300. The molecule has 3 N–H and O–H groups in total. The Hall–Kier alpha value is -4.38. The first-order chi connectivity index (χ1) is 17.0. The number of hydrogen-bond acceptors (Lipinski definition) is 3. The highest BCUT2D eigenvalue weighted by atomic mass is 16.4. The summed E-state index contributed by atoms with van der Waals surface area (Å²) in [6, 6.07) is 32.8. The van der Waals surface area contributed by atoms with E-state index in [9.17, 15) is 14.7 Å². The second-order valence-electron chi connectivity index (χ2n) is 8.56. The van der Waals surface area contributed by atoms with Gasteiger partial charge in [0.25, 0.3) is 0 Å². The van der Waals surface area contributed by atoms with Gasteiger partial charge in [-0.05, 0) is 59.0 Å². The summed E-state index contributed by atoms with van der Waals surface area (Å²) in [5, 5.41) is 15.6. The maximum absolute atomic E-state index is 12.6. The molecule has 0 aromatic heterocycles. The molecule has 0 spiro atoms. The lowest BCUT2D eigenvalue weighted by Crippen LogP contribution is -2.29. The predicted octanol–water partition coefficient (Wildman–Crippen LogP) is 6.29. The summed E-state index contributed by atoms with van der Waals surface area (Å²) in [5.74, 6) is -1.04. The Morgan fingerprint density at radius 1 is 0.771 bits per heavy atom. The van der Waals surface area contributed by atoms with Gasteiger partial charge in [0.05, 0.1) is 11.3 Å². The fourth-order valence-electron chi connectivity index (χ4n) is 3.96. The standard InChI is InChI=1S/C30H28N2O3/c1-21(18-22-8-3-2-4-9-22)29(33)31-20-23-10-7-11-25(19-23)24-14-16-26(17-15-24)32-28-13-6-5-12-27(28)30(34)35/h2-17,19,21,32H,18,20H2,1H3,(H,31,33)(H,34,35). The van der Waals surface area contributed by atoms with Gasteiger partial charge in [-0.3, -0.25) is 4.79 Å². The monoisotopic (exact) mass is 464 g/mol. The van der Waals surface area contributed by atoms with Crippen molar-refractivity contribution in [2.45, 2.75) is 19.9 Å². The second kappa shape index (κ2) is 11.2. The van der Waals surface area contributed by atoms with E-state index in [1.165, 1.54) is 0 Å². The van der Waals surface area contributed by atoms with Crippen LogP contribution in [0.4, 0.5) is 11.4 Å². The maximum atomic E-state index is 12.6. The van der Waals surface area contributed by atoms with Crippen molar-refractivity contribution in [2.24, 2.45) is 5.92 Å². The van der Waals surface area contributed by atoms with Crippen molar-refractivity contribution in [3.63, 3.8) is 0 Å². The third-order valence-corrected chi connectivity index (χ3v) is 5.88. The summed E-state index contributed by atoms with van der Waals surface area (Å²) in [6.07, 6.45) is 0.712. The highest BCUT2D eigenvalue weighted by Gasteiger charge is 2.13. The SMILES string of the molecule is CC(Cc1ccccc1)C(=O)NCc1cccc(-c2ccc(Nc3ccccc3C(=O)O)cc2)c1. The van der Waals surface area contributed by atoms with Crippen LogP contribution in [0.15, 0.2) is 103 Å². The lowest BCUT2D eigenvalue weighted by Gasteiger charge is -2.13. The van der Waals surface area contributed by atoms with E-state index >= 15 is 0 Å². The topological polar surface area (TPSA) is 78.4 Å². The fourth-order valence-corrected chi connectivity index (χ4v) is 3.96. The number of anilines is 2. The molecule has 1 amide bonds. The second-order valence-corrected chi connectivity index (χ2v) is 8.56. The van der Waals surface area contributed by atoms with E-state index in [-0.39, 0.29) is 17.4 Å². The number of benzene rings is 4. The van der Waals surface area contributed by atoms with E-state index in [1.54, 1.807) is 24.3 Å². The number of nitrogens with one attached hydrogen (secondary N) is 2. The summed E-state index contributed by atoms with van der Waals surface area (Å²) >= 11 is 0. The Morgan fingerprint density at radius 3 is 2.20 bits per heavy atom. The van der Waals surface area contributed by atoms with Crippen LogP contribution in [0.1, 0.15) is 28.4 Å². The number of aromatic carboxylic acids is 1. The largest absolute Gasteiger partial charge is 0.478 e. The van der Waals surface area contributed by atoms with Gasteiger partial charge in [0.1, 0.15) is 0 Å².